The van der Waals surface area contributed by atoms with Crippen molar-refractivity contribution >= 4 is 22.6 Å². The van der Waals surface area contributed by atoms with E-state index in [0.717, 1.165) is 35.9 Å². The minimum absolute atomic E-state index is 0.320. The molecule has 1 saturated carbocycles. The third-order valence-electron chi connectivity index (χ3n) is 5.93. The second-order valence-corrected chi connectivity index (χ2v) is 8.18. The number of nitrogens with zero attached hydrogens (tertiary/aromatic N) is 3. The van der Waals surface area contributed by atoms with Crippen molar-refractivity contribution in [2.24, 2.45) is 0 Å². The van der Waals surface area contributed by atoms with Crippen molar-refractivity contribution in [1.82, 2.24) is 15.0 Å². The van der Waals surface area contributed by atoms with Gasteiger partial charge >= 0.3 is 0 Å². The Kier molecular flexibility index (Phi) is 5.09. The summed E-state index contributed by atoms with van der Waals surface area (Å²) in [6.07, 6.45) is 7.09. The first-order chi connectivity index (χ1) is 13.1. The van der Waals surface area contributed by atoms with Crippen LogP contribution in [-0.2, 0) is 0 Å². The van der Waals surface area contributed by atoms with Crippen LogP contribution in [0.5, 0.6) is 5.75 Å². The van der Waals surface area contributed by atoms with Gasteiger partial charge in [-0.1, -0.05) is 50.8 Å². The molecule has 0 bridgehead atoms. The third-order valence-corrected chi connectivity index (χ3v) is 6.16. The molecule has 0 aliphatic heterocycles. The molecule has 1 aliphatic rings. The average molecular weight is 384 g/mol. The van der Waals surface area contributed by atoms with E-state index in [1.165, 1.54) is 24.8 Å². The van der Waals surface area contributed by atoms with Gasteiger partial charge in [0.1, 0.15) is 22.5 Å². The highest BCUT2D eigenvalue weighted by Gasteiger charge is 2.23. The van der Waals surface area contributed by atoms with E-state index in [1.807, 2.05) is 18.2 Å². The SMILES string of the molecule is CCC(C)c1cc(C2CCCCC2)c(O)c(-n2nc3ccc(Cl)cc3n2)c1. The third kappa shape index (κ3) is 3.55. The number of phenols is 1. The lowest BCUT2D eigenvalue weighted by Gasteiger charge is -2.25. The van der Waals surface area contributed by atoms with E-state index in [4.69, 9.17) is 11.6 Å². The number of benzene rings is 2. The first-order valence-corrected chi connectivity index (χ1v) is 10.3. The first kappa shape index (κ1) is 18.3. The van der Waals surface area contributed by atoms with E-state index in [-0.39, 0.29) is 0 Å². The van der Waals surface area contributed by atoms with Crippen LogP contribution in [0, 0.1) is 0 Å². The summed E-state index contributed by atoms with van der Waals surface area (Å²) >= 11 is 6.09. The van der Waals surface area contributed by atoms with Gasteiger partial charge in [-0.25, -0.2) is 0 Å². The van der Waals surface area contributed by atoms with Gasteiger partial charge < -0.3 is 5.11 Å². The highest BCUT2D eigenvalue weighted by atomic mass is 35.5. The van der Waals surface area contributed by atoms with E-state index in [9.17, 15) is 5.11 Å². The summed E-state index contributed by atoms with van der Waals surface area (Å²) in [5.41, 5.74) is 4.47. The molecule has 1 N–H and O–H groups in total. The van der Waals surface area contributed by atoms with Crippen molar-refractivity contribution in [1.29, 1.82) is 0 Å². The largest absolute Gasteiger partial charge is 0.505 e. The Morgan fingerprint density at radius 2 is 1.85 bits per heavy atom. The zero-order valence-corrected chi connectivity index (χ0v) is 16.7. The van der Waals surface area contributed by atoms with Crippen LogP contribution in [0.2, 0.25) is 5.02 Å². The molecule has 142 valence electrons. The maximum absolute atomic E-state index is 11.1. The van der Waals surface area contributed by atoms with Crippen LogP contribution in [0.3, 0.4) is 0 Å². The number of aromatic hydroxyl groups is 1. The van der Waals surface area contributed by atoms with E-state index >= 15 is 0 Å². The zero-order chi connectivity index (χ0) is 19.0. The topological polar surface area (TPSA) is 50.9 Å². The molecule has 5 heteroatoms. The summed E-state index contributed by atoms with van der Waals surface area (Å²) < 4.78 is 0. The van der Waals surface area contributed by atoms with Crippen molar-refractivity contribution in [3.8, 4) is 11.4 Å². The summed E-state index contributed by atoms with van der Waals surface area (Å²) in [6.45, 7) is 4.42. The zero-order valence-electron chi connectivity index (χ0n) is 16.0. The van der Waals surface area contributed by atoms with Crippen molar-refractivity contribution in [2.45, 2.75) is 64.2 Å². The van der Waals surface area contributed by atoms with Gasteiger partial charge in [0.2, 0.25) is 0 Å². The van der Waals surface area contributed by atoms with Crippen LogP contribution < -0.4 is 0 Å². The maximum atomic E-state index is 11.1. The molecule has 4 nitrogen and oxygen atoms in total. The van der Waals surface area contributed by atoms with Gasteiger partial charge in [-0.15, -0.1) is 15.0 Å². The van der Waals surface area contributed by atoms with Crippen LogP contribution in [0.25, 0.3) is 16.7 Å². The van der Waals surface area contributed by atoms with Gasteiger partial charge in [0.25, 0.3) is 0 Å². The predicted octanol–water partition coefficient (Wildman–Crippen LogP) is 6.34. The van der Waals surface area contributed by atoms with E-state index < -0.39 is 0 Å². The van der Waals surface area contributed by atoms with Crippen molar-refractivity contribution in [3.63, 3.8) is 0 Å². The van der Waals surface area contributed by atoms with Crippen LogP contribution in [0.4, 0.5) is 0 Å². The second-order valence-electron chi connectivity index (χ2n) is 7.74. The monoisotopic (exact) mass is 383 g/mol. The molecule has 4 rings (SSSR count). The maximum Gasteiger partial charge on any atom is 0.146 e. The number of rotatable bonds is 4. The quantitative estimate of drug-likeness (QED) is 0.571. The van der Waals surface area contributed by atoms with Crippen LogP contribution >= 0.6 is 11.6 Å². The summed E-state index contributed by atoms with van der Waals surface area (Å²) in [5, 5.41) is 20.9. The highest BCUT2D eigenvalue weighted by Crippen LogP contribution is 2.41. The Labute approximate surface area is 165 Å². The number of halogens is 1. The van der Waals surface area contributed by atoms with Crippen molar-refractivity contribution in [2.75, 3.05) is 0 Å². The summed E-state index contributed by atoms with van der Waals surface area (Å²) in [6, 6.07) is 9.72. The van der Waals surface area contributed by atoms with Gasteiger partial charge in [0, 0.05) is 5.02 Å². The fourth-order valence-corrected chi connectivity index (χ4v) is 4.22. The van der Waals surface area contributed by atoms with Gasteiger partial charge in [0.05, 0.1) is 0 Å². The lowest BCUT2D eigenvalue weighted by atomic mass is 9.82. The molecule has 27 heavy (non-hydrogen) atoms. The van der Waals surface area contributed by atoms with Crippen LogP contribution in [0.15, 0.2) is 30.3 Å². The van der Waals surface area contributed by atoms with Crippen molar-refractivity contribution in [3.05, 3.63) is 46.5 Å². The molecule has 1 heterocycles. The molecule has 0 radical (unpaired) electrons. The number of phenolic OH excluding ortho intramolecular Hbond substituents is 1. The van der Waals surface area contributed by atoms with Gasteiger partial charge in [-0.05, 0) is 66.5 Å². The smallest absolute Gasteiger partial charge is 0.146 e. The molecule has 1 fully saturated rings. The van der Waals surface area contributed by atoms with E-state index in [1.54, 1.807) is 10.9 Å². The molecule has 0 spiro atoms. The number of hydrogen-bond acceptors (Lipinski definition) is 3. The summed E-state index contributed by atoms with van der Waals surface area (Å²) in [4.78, 5) is 1.56. The van der Waals surface area contributed by atoms with Crippen molar-refractivity contribution < 1.29 is 5.11 Å². The number of hydrogen-bond donors (Lipinski definition) is 1. The van der Waals surface area contributed by atoms with E-state index in [0.29, 0.717) is 28.3 Å². The lowest BCUT2D eigenvalue weighted by Crippen LogP contribution is -2.09. The fraction of sp³-hybridized carbons (Fsp3) is 0.455. The Hall–Kier alpha value is -2.07. The average Bonchev–Trinajstić information content (AvgIpc) is 3.11. The molecule has 2 aromatic carbocycles. The minimum atomic E-state index is 0.320. The standard InChI is InChI=1S/C22H26ClN3O/c1-3-14(2)16-11-18(15-7-5-4-6-8-15)22(27)21(12-16)26-24-19-10-9-17(23)13-20(19)25-26/h9-15,27H,3-8H2,1-2H3. The molecule has 3 aromatic rings. The molecular weight excluding hydrogens is 358 g/mol. The molecule has 1 unspecified atom stereocenters. The normalized spacial score (nSPS) is 16.7. The molecular formula is C22H26ClN3O. The molecule has 1 aromatic heterocycles. The van der Waals surface area contributed by atoms with Crippen LogP contribution in [0.1, 0.15) is 75.3 Å². The van der Waals surface area contributed by atoms with Gasteiger partial charge in [-0.3, -0.25) is 0 Å². The van der Waals surface area contributed by atoms with E-state index in [2.05, 4.69) is 30.1 Å². The Balaban J connectivity index is 1.86. The summed E-state index contributed by atoms with van der Waals surface area (Å²) in [7, 11) is 0. The molecule has 0 saturated heterocycles. The molecule has 1 atom stereocenters. The van der Waals surface area contributed by atoms with Gasteiger partial charge in [-0.2, -0.15) is 0 Å². The molecule has 1 aliphatic carbocycles. The predicted molar refractivity (Wildman–Crippen MR) is 110 cm³/mol. The van der Waals surface area contributed by atoms with Crippen LogP contribution in [-0.4, -0.2) is 20.1 Å². The first-order valence-electron chi connectivity index (χ1n) is 9.96. The highest BCUT2D eigenvalue weighted by molar-refractivity contribution is 6.31. The lowest BCUT2D eigenvalue weighted by molar-refractivity contribution is 0.411. The number of aromatic nitrogens is 3. The Morgan fingerprint density at radius 1 is 1.11 bits per heavy atom. The second kappa shape index (κ2) is 7.51. The summed E-state index contributed by atoms with van der Waals surface area (Å²) in [5.74, 6) is 1.16. The fourth-order valence-electron chi connectivity index (χ4n) is 4.06. The Bertz CT molecular complexity index is 960. The Morgan fingerprint density at radius 3 is 2.59 bits per heavy atom. The minimum Gasteiger partial charge on any atom is -0.505 e. The molecule has 0 amide bonds. The van der Waals surface area contributed by atoms with Gasteiger partial charge in [0.15, 0.2) is 0 Å². The number of fused-ring (bicyclic) bond motifs is 1.